The summed E-state index contributed by atoms with van der Waals surface area (Å²) in [6.07, 6.45) is 3.01. The van der Waals surface area contributed by atoms with Crippen LogP contribution in [0.25, 0.3) is 11.0 Å². The molecule has 0 radical (unpaired) electrons. The van der Waals surface area contributed by atoms with Crippen LogP contribution < -0.4 is 10.2 Å². The van der Waals surface area contributed by atoms with Crippen LogP contribution in [0.3, 0.4) is 0 Å². The largest absolute Gasteiger partial charge is 0.444 e. The Kier molecular flexibility index (Phi) is 8.23. The Balaban J connectivity index is 1.02. The van der Waals surface area contributed by atoms with Crippen molar-refractivity contribution in [1.82, 2.24) is 19.8 Å². The highest BCUT2D eigenvalue weighted by Gasteiger charge is 2.70. The maximum absolute atomic E-state index is 13.2. The number of likely N-dealkylation sites (tertiary alicyclic amines) is 2. The lowest BCUT2D eigenvalue weighted by atomic mass is 10.1. The first-order chi connectivity index (χ1) is 24.8. The molecule has 11 heteroatoms. The summed E-state index contributed by atoms with van der Waals surface area (Å²) < 4.78 is 11.5. The summed E-state index contributed by atoms with van der Waals surface area (Å²) in [6.45, 7) is 14.1. The molecule has 2 amide bonds. The summed E-state index contributed by atoms with van der Waals surface area (Å²) in [5.74, 6) is 0.797. The maximum atomic E-state index is 13.2. The van der Waals surface area contributed by atoms with Gasteiger partial charge in [0.05, 0.1) is 40.2 Å². The fourth-order valence-corrected chi connectivity index (χ4v) is 8.09. The van der Waals surface area contributed by atoms with Crippen LogP contribution >= 0.6 is 0 Å². The smallest absolute Gasteiger partial charge is 0.411 e. The molecule has 4 aliphatic rings. The number of para-hydroxylation sites is 1. The molecule has 11 nitrogen and oxygen atoms in total. The third-order valence-corrected chi connectivity index (χ3v) is 10.4. The Morgan fingerprint density at radius 3 is 2.35 bits per heavy atom. The number of amides is 2. The minimum Gasteiger partial charge on any atom is -0.444 e. The Labute approximate surface area is 305 Å². The molecular weight excluding hydrogens is 654 g/mol. The molecule has 8 rings (SSSR count). The van der Waals surface area contributed by atoms with Crippen molar-refractivity contribution < 1.29 is 19.1 Å². The second kappa shape index (κ2) is 12.6. The van der Waals surface area contributed by atoms with Crippen molar-refractivity contribution in [3.05, 3.63) is 83.7 Å². The number of nitrogens with one attached hydrogen (secondary N) is 2. The number of rotatable bonds is 6. The van der Waals surface area contributed by atoms with Gasteiger partial charge in [-0.25, -0.2) is 14.6 Å². The van der Waals surface area contributed by atoms with Crippen LogP contribution in [0, 0.1) is 0 Å². The van der Waals surface area contributed by atoms with E-state index in [0.29, 0.717) is 26.2 Å². The molecule has 0 bridgehead atoms. The second-order valence-corrected chi connectivity index (χ2v) is 16.6. The molecule has 1 saturated carbocycles. The number of aromatic nitrogens is 2. The lowest BCUT2D eigenvalue weighted by Gasteiger charge is -2.28. The van der Waals surface area contributed by atoms with Crippen molar-refractivity contribution >= 4 is 46.0 Å². The molecule has 3 atom stereocenters. The van der Waals surface area contributed by atoms with E-state index in [0.717, 1.165) is 76.4 Å². The Morgan fingerprint density at radius 2 is 1.60 bits per heavy atom. The lowest BCUT2D eigenvalue weighted by Crippen LogP contribution is -2.44. The number of aliphatic imine (C=N–C) groups is 1. The molecule has 1 aromatic heterocycles. The normalized spacial score (nSPS) is 22.2. The molecule has 1 spiro atoms. The number of hydrogen-bond acceptors (Lipinski definition) is 8. The highest BCUT2D eigenvalue weighted by molar-refractivity contribution is 6.22. The predicted octanol–water partition coefficient (Wildman–Crippen LogP) is 8.49. The van der Waals surface area contributed by atoms with E-state index in [9.17, 15) is 9.59 Å². The number of benzene rings is 3. The van der Waals surface area contributed by atoms with Gasteiger partial charge in [0.25, 0.3) is 0 Å². The van der Waals surface area contributed by atoms with E-state index >= 15 is 0 Å². The van der Waals surface area contributed by atoms with Gasteiger partial charge in [-0.2, -0.15) is 0 Å². The van der Waals surface area contributed by atoms with Crippen LogP contribution in [-0.2, 0) is 22.6 Å². The third-order valence-electron chi connectivity index (χ3n) is 10.4. The number of carbonyl (C=O) groups excluding carboxylic acids is 2. The topological polar surface area (TPSA) is 115 Å². The third kappa shape index (κ3) is 6.45. The van der Waals surface area contributed by atoms with Crippen LogP contribution in [0.5, 0.6) is 0 Å². The van der Waals surface area contributed by atoms with Crippen LogP contribution in [0.15, 0.2) is 71.7 Å². The second-order valence-electron chi connectivity index (χ2n) is 16.6. The number of ether oxygens (including phenoxy) is 2. The van der Waals surface area contributed by atoms with Gasteiger partial charge in [-0.05, 0) is 115 Å². The van der Waals surface area contributed by atoms with Gasteiger partial charge in [0.1, 0.15) is 22.6 Å². The quantitative estimate of drug-likeness (QED) is 0.207. The zero-order chi connectivity index (χ0) is 36.4. The van der Waals surface area contributed by atoms with Crippen LogP contribution in [-0.4, -0.2) is 73.5 Å². The van der Waals surface area contributed by atoms with Crippen LogP contribution in [0.2, 0.25) is 0 Å². The molecule has 3 aromatic carbocycles. The molecule has 52 heavy (non-hydrogen) atoms. The molecular formula is C41H49N7O4. The van der Waals surface area contributed by atoms with E-state index in [-0.39, 0.29) is 24.3 Å². The minimum absolute atomic E-state index is 0.0219. The number of nitrogens with zero attached hydrogens (tertiary/aromatic N) is 5. The van der Waals surface area contributed by atoms with Gasteiger partial charge < -0.3 is 24.7 Å². The van der Waals surface area contributed by atoms with Crippen LogP contribution in [0.4, 0.5) is 26.7 Å². The van der Waals surface area contributed by atoms with Gasteiger partial charge in [-0.15, -0.1) is 0 Å². The predicted molar refractivity (Wildman–Crippen MR) is 203 cm³/mol. The number of anilines is 2. The molecule has 2 N–H and O–H groups in total. The first-order valence-corrected chi connectivity index (χ1v) is 18.5. The number of hydrogen-bond donors (Lipinski definition) is 2. The van der Waals surface area contributed by atoms with Crippen molar-refractivity contribution in [2.24, 2.45) is 4.99 Å². The summed E-state index contributed by atoms with van der Waals surface area (Å²) >= 11 is 0. The van der Waals surface area contributed by atoms with Crippen molar-refractivity contribution in [2.45, 2.75) is 109 Å². The summed E-state index contributed by atoms with van der Waals surface area (Å²) in [5, 5.41) is 3.69. The lowest BCUT2D eigenvalue weighted by molar-refractivity contribution is 0.0208. The van der Waals surface area contributed by atoms with E-state index in [4.69, 9.17) is 19.5 Å². The Bertz CT molecular complexity index is 2050. The summed E-state index contributed by atoms with van der Waals surface area (Å²) in [4.78, 5) is 45.8. The fraction of sp³-hybridized carbons (Fsp3) is 0.463. The number of fused-ring (bicyclic) bond motifs is 5. The molecule has 4 aromatic rings. The molecule has 2 saturated heterocycles. The fourth-order valence-electron chi connectivity index (χ4n) is 8.09. The van der Waals surface area contributed by atoms with Crippen molar-refractivity contribution in [3.63, 3.8) is 0 Å². The van der Waals surface area contributed by atoms with E-state index in [1.165, 1.54) is 0 Å². The molecule has 1 unspecified atom stereocenters. The SMILES string of the molecule is CC(C)(C)OC(=O)N1CCC[C@H]1c1nc2ccc(CN(Cc3ccc4c(c3)N=C3C(N4)[C@]34CCCN4C(=O)OC(C)(C)C)c3ccccc3)cc2[nH]1. The molecule has 272 valence electrons. The summed E-state index contributed by atoms with van der Waals surface area (Å²) in [7, 11) is 0. The summed E-state index contributed by atoms with van der Waals surface area (Å²) in [6, 6.07) is 23.2. The molecule has 3 aliphatic heterocycles. The minimum atomic E-state index is -0.550. The zero-order valence-corrected chi connectivity index (χ0v) is 31.0. The average molecular weight is 704 g/mol. The van der Waals surface area contributed by atoms with Gasteiger partial charge >= 0.3 is 12.2 Å². The highest BCUT2D eigenvalue weighted by Crippen LogP contribution is 2.53. The number of carbonyl (C=O) groups is 2. The van der Waals surface area contributed by atoms with E-state index in [1.807, 2.05) is 52.5 Å². The van der Waals surface area contributed by atoms with Gasteiger partial charge in [0, 0.05) is 31.9 Å². The average Bonchev–Trinajstić information content (AvgIpc) is 3.59. The van der Waals surface area contributed by atoms with E-state index in [2.05, 4.69) is 75.9 Å². The Morgan fingerprint density at radius 1 is 0.885 bits per heavy atom. The zero-order valence-electron chi connectivity index (χ0n) is 31.0. The van der Waals surface area contributed by atoms with E-state index < -0.39 is 16.7 Å². The standard InChI is InChI=1S/C41H49N7O4/c1-39(2,3)51-37(49)47-20-10-14-33(47)36-44-30-18-16-27(23-32(30)45-36)25-46(28-12-8-7-9-13-28)24-26-15-17-29-31(22-26)43-35-34(42-29)41(35)19-11-21-48(41)38(50)52-40(4,5)6/h7-9,12-13,15-18,22-23,33-34,42H,10-11,14,19-21,24-25H2,1-6H3,(H,44,45)/t33-,34?,41+/m0/s1. The number of imidazole rings is 1. The van der Waals surface area contributed by atoms with Gasteiger partial charge in [-0.3, -0.25) is 14.8 Å². The number of aromatic amines is 1. The van der Waals surface area contributed by atoms with Crippen LogP contribution in [0.1, 0.15) is 90.2 Å². The van der Waals surface area contributed by atoms with Crippen molar-refractivity contribution in [1.29, 1.82) is 0 Å². The monoisotopic (exact) mass is 703 g/mol. The highest BCUT2D eigenvalue weighted by atomic mass is 16.6. The van der Waals surface area contributed by atoms with E-state index in [1.54, 1.807) is 4.90 Å². The Hall–Kier alpha value is -5.06. The number of H-pyrrole nitrogens is 1. The molecule has 1 aliphatic carbocycles. The first-order valence-electron chi connectivity index (χ1n) is 18.5. The molecule has 3 fully saturated rings. The first kappa shape index (κ1) is 34.0. The van der Waals surface area contributed by atoms with Crippen molar-refractivity contribution in [3.8, 4) is 0 Å². The van der Waals surface area contributed by atoms with Crippen molar-refractivity contribution in [2.75, 3.05) is 23.3 Å². The summed E-state index contributed by atoms with van der Waals surface area (Å²) in [5.41, 5.74) is 6.66. The maximum Gasteiger partial charge on any atom is 0.411 e. The van der Waals surface area contributed by atoms with Gasteiger partial charge in [-0.1, -0.05) is 30.3 Å². The van der Waals surface area contributed by atoms with Gasteiger partial charge in [0.15, 0.2) is 0 Å². The van der Waals surface area contributed by atoms with Gasteiger partial charge in [0.2, 0.25) is 0 Å². The molecule has 4 heterocycles.